The molecular formula is C9H8INO4. The standard InChI is InChI=1S/C9H8INO4/c10-7-3-1-6(15-7)2-4-9(13)14-5-8(11)12/h1-4H,5H2,(H2,11,12)/b4-2+. The molecule has 0 radical (unpaired) electrons. The Morgan fingerprint density at radius 1 is 1.53 bits per heavy atom. The van der Waals surface area contributed by atoms with Gasteiger partial charge in [-0.3, -0.25) is 4.79 Å². The highest BCUT2D eigenvalue weighted by Crippen LogP contribution is 2.11. The highest BCUT2D eigenvalue weighted by Gasteiger charge is 2.01. The number of furan rings is 1. The largest absolute Gasteiger partial charge is 0.452 e. The summed E-state index contributed by atoms with van der Waals surface area (Å²) in [4.78, 5) is 21.2. The summed E-state index contributed by atoms with van der Waals surface area (Å²) in [5.41, 5.74) is 4.79. The number of hydrogen-bond donors (Lipinski definition) is 1. The number of rotatable bonds is 4. The van der Waals surface area contributed by atoms with Gasteiger partial charge >= 0.3 is 5.97 Å². The van der Waals surface area contributed by atoms with Gasteiger partial charge in [-0.1, -0.05) is 0 Å². The van der Waals surface area contributed by atoms with Gasteiger partial charge in [-0.2, -0.15) is 0 Å². The van der Waals surface area contributed by atoms with E-state index in [4.69, 9.17) is 10.2 Å². The van der Waals surface area contributed by atoms with Crippen LogP contribution in [0.2, 0.25) is 0 Å². The lowest BCUT2D eigenvalue weighted by molar-refractivity contribution is -0.142. The van der Waals surface area contributed by atoms with E-state index in [1.54, 1.807) is 12.1 Å². The lowest BCUT2D eigenvalue weighted by Gasteiger charge is -1.95. The SMILES string of the molecule is NC(=O)COC(=O)/C=C/c1ccc(I)o1. The lowest BCUT2D eigenvalue weighted by Crippen LogP contribution is -2.19. The molecule has 0 saturated carbocycles. The quantitative estimate of drug-likeness (QED) is 0.508. The van der Waals surface area contributed by atoms with Crippen LogP contribution in [0.15, 0.2) is 22.6 Å². The van der Waals surface area contributed by atoms with Crippen molar-refractivity contribution in [2.24, 2.45) is 5.73 Å². The van der Waals surface area contributed by atoms with Crippen LogP contribution in [0.1, 0.15) is 5.76 Å². The summed E-state index contributed by atoms with van der Waals surface area (Å²) in [5, 5.41) is 0. The Labute approximate surface area is 99.4 Å². The first kappa shape index (κ1) is 11.8. The van der Waals surface area contributed by atoms with Gasteiger partial charge in [-0.15, -0.1) is 0 Å². The summed E-state index contributed by atoms with van der Waals surface area (Å²) >= 11 is 2.01. The van der Waals surface area contributed by atoms with Crippen molar-refractivity contribution in [3.8, 4) is 0 Å². The fourth-order valence-electron chi connectivity index (χ4n) is 0.758. The first-order chi connectivity index (χ1) is 7.08. The van der Waals surface area contributed by atoms with Crippen LogP contribution >= 0.6 is 22.6 Å². The van der Waals surface area contributed by atoms with E-state index in [0.717, 1.165) is 9.84 Å². The fourth-order valence-corrected chi connectivity index (χ4v) is 1.19. The van der Waals surface area contributed by atoms with Crippen LogP contribution in [-0.2, 0) is 14.3 Å². The Kier molecular flexibility index (Phi) is 4.35. The summed E-state index contributed by atoms with van der Waals surface area (Å²) in [6.45, 7) is -0.418. The molecule has 0 fully saturated rings. The molecule has 15 heavy (non-hydrogen) atoms. The fraction of sp³-hybridized carbons (Fsp3) is 0.111. The number of hydrogen-bond acceptors (Lipinski definition) is 4. The van der Waals surface area contributed by atoms with Crippen LogP contribution in [0.3, 0.4) is 0 Å². The van der Waals surface area contributed by atoms with Crippen molar-refractivity contribution in [1.29, 1.82) is 0 Å². The minimum absolute atomic E-state index is 0.418. The zero-order chi connectivity index (χ0) is 11.3. The van der Waals surface area contributed by atoms with Gasteiger partial charge < -0.3 is 14.9 Å². The molecule has 80 valence electrons. The van der Waals surface area contributed by atoms with Gasteiger partial charge in [-0.05, 0) is 40.8 Å². The molecule has 6 heteroatoms. The minimum Gasteiger partial charge on any atom is -0.452 e. The van der Waals surface area contributed by atoms with E-state index in [1.807, 2.05) is 22.6 Å². The van der Waals surface area contributed by atoms with Crippen LogP contribution < -0.4 is 5.73 Å². The Morgan fingerprint density at radius 3 is 2.80 bits per heavy atom. The third-order valence-electron chi connectivity index (χ3n) is 1.33. The molecule has 1 aromatic heterocycles. The van der Waals surface area contributed by atoms with Crippen molar-refractivity contribution >= 4 is 40.5 Å². The Morgan fingerprint density at radius 2 is 2.27 bits per heavy atom. The van der Waals surface area contributed by atoms with Gasteiger partial charge in [0.15, 0.2) is 10.4 Å². The molecule has 0 aliphatic rings. The molecule has 1 heterocycles. The average Bonchev–Trinajstić information content (AvgIpc) is 2.58. The maximum atomic E-state index is 11.0. The van der Waals surface area contributed by atoms with Crippen molar-refractivity contribution in [2.45, 2.75) is 0 Å². The molecule has 2 N–H and O–H groups in total. The molecular weight excluding hydrogens is 313 g/mol. The maximum Gasteiger partial charge on any atom is 0.331 e. The second-order valence-electron chi connectivity index (χ2n) is 2.55. The summed E-state index contributed by atoms with van der Waals surface area (Å²) in [7, 11) is 0. The Bertz CT molecular complexity index is 397. The van der Waals surface area contributed by atoms with E-state index < -0.39 is 18.5 Å². The molecule has 1 aromatic rings. The van der Waals surface area contributed by atoms with Gasteiger partial charge in [0, 0.05) is 6.08 Å². The van der Waals surface area contributed by atoms with Crippen LogP contribution in [0, 0.1) is 3.77 Å². The lowest BCUT2D eigenvalue weighted by atomic mass is 10.4. The van der Waals surface area contributed by atoms with E-state index in [0.29, 0.717) is 5.76 Å². The monoisotopic (exact) mass is 321 g/mol. The average molecular weight is 321 g/mol. The predicted octanol–water partition coefficient (Wildman–Crippen LogP) is 0.926. The predicted molar refractivity (Wildman–Crippen MR) is 60.6 cm³/mol. The zero-order valence-corrected chi connectivity index (χ0v) is 9.76. The number of primary amides is 1. The molecule has 0 aromatic carbocycles. The normalized spacial score (nSPS) is 10.5. The molecule has 0 unspecified atom stereocenters. The van der Waals surface area contributed by atoms with Crippen LogP contribution in [0.4, 0.5) is 0 Å². The van der Waals surface area contributed by atoms with E-state index in [1.165, 1.54) is 6.08 Å². The molecule has 0 aliphatic carbocycles. The van der Waals surface area contributed by atoms with Gasteiger partial charge in [0.1, 0.15) is 5.76 Å². The van der Waals surface area contributed by atoms with Crippen molar-refractivity contribution < 1.29 is 18.7 Å². The zero-order valence-electron chi connectivity index (χ0n) is 7.60. The van der Waals surface area contributed by atoms with Gasteiger partial charge in [0.05, 0.1) is 0 Å². The number of halogens is 1. The Balaban J connectivity index is 2.44. The van der Waals surface area contributed by atoms with Crippen molar-refractivity contribution in [1.82, 2.24) is 0 Å². The summed E-state index contributed by atoms with van der Waals surface area (Å²) in [6.07, 6.45) is 2.61. The van der Waals surface area contributed by atoms with Crippen LogP contribution in [0.5, 0.6) is 0 Å². The smallest absolute Gasteiger partial charge is 0.331 e. The molecule has 0 bridgehead atoms. The number of ether oxygens (including phenoxy) is 1. The topological polar surface area (TPSA) is 82.5 Å². The molecule has 1 rings (SSSR count). The van der Waals surface area contributed by atoms with Crippen LogP contribution in [0.25, 0.3) is 6.08 Å². The third-order valence-corrected chi connectivity index (χ3v) is 1.91. The number of nitrogens with two attached hydrogens (primary N) is 1. The van der Waals surface area contributed by atoms with Gasteiger partial charge in [0.25, 0.3) is 5.91 Å². The van der Waals surface area contributed by atoms with E-state index >= 15 is 0 Å². The van der Waals surface area contributed by atoms with E-state index in [-0.39, 0.29) is 0 Å². The number of carbonyl (C=O) groups excluding carboxylic acids is 2. The number of esters is 1. The van der Waals surface area contributed by atoms with Crippen molar-refractivity contribution in [2.75, 3.05) is 6.61 Å². The van der Waals surface area contributed by atoms with E-state index in [9.17, 15) is 9.59 Å². The number of carbonyl (C=O) groups is 2. The van der Waals surface area contributed by atoms with E-state index in [2.05, 4.69) is 4.74 Å². The van der Waals surface area contributed by atoms with Crippen molar-refractivity contribution in [3.05, 3.63) is 27.7 Å². The molecule has 1 amide bonds. The maximum absolute atomic E-state index is 11.0. The summed E-state index contributed by atoms with van der Waals surface area (Å²) in [5.74, 6) is -0.792. The molecule has 0 atom stereocenters. The van der Waals surface area contributed by atoms with Gasteiger partial charge in [-0.25, -0.2) is 4.79 Å². The second kappa shape index (κ2) is 5.54. The summed E-state index contributed by atoms with van der Waals surface area (Å²) < 4.78 is 10.4. The highest BCUT2D eigenvalue weighted by molar-refractivity contribution is 14.1. The molecule has 0 aliphatic heterocycles. The molecule has 0 saturated heterocycles. The Hall–Kier alpha value is -1.31. The van der Waals surface area contributed by atoms with Crippen molar-refractivity contribution in [3.63, 3.8) is 0 Å². The van der Waals surface area contributed by atoms with Gasteiger partial charge in [0.2, 0.25) is 0 Å². The molecule has 5 nitrogen and oxygen atoms in total. The third kappa shape index (κ3) is 4.63. The molecule has 0 spiro atoms. The minimum atomic E-state index is -0.690. The second-order valence-corrected chi connectivity index (χ2v) is 3.61. The highest BCUT2D eigenvalue weighted by atomic mass is 127. The number of amides is 1. The first-order valence-corrected chi connectivity index (χ1v) is 5.04. The van der Waals surface area contributed by atoms with Crippen LogP contribution in [-0.4, -0.2) is 18.5 Å². The summed E-state index contributed by atoms with van der Waals surface area (Å²) in [6, 6.07) is 3.47. The first-order valence-electron chi connectivity index (χ1n) is 3.96.